The predicted octanol–water partition coefficient (Wildman–Crippen LogP) is 3.29. The van der Waals surface area contributed by atoms with Gasteiger partial charge in [0.1, 0.15) is 5.60 Å². The van der Waals surface area contributed by atoms with Crippen molar-refractivity contribution in [3.63, 3.8) is 0 Å². The Balaban J connectivity index is 2.79. The maximum atomic E-state index is 12.5. The molecule has 1 aromatic heterocycles. The van der Waals surface area contributed by atoms with Crippen molar-refractivity contribution < 1.29 is 19.1 Å². The third-order valence-electron chi connectivity index (χ3n) is 3.50. The molecule has 0 aliphatic heterocycles. The van der Waals surface area contributed by atoms with Crippen LogP contribution in [0.5, 0.6) is 0 Å². The summed E-state index contributed by atoms with van der Waals surface area (Å²) in [4.78, 5) is 45.9. The van der Waals surface area contributed by atoms with E-state index in [-0.39, 0.29) is 35.7 Å². The quantitative estimate of drug-likeness (QED) is 0.697. The number of nitrogens with zero attached hydrogens (tertiary/aromatic N) is 3. The van der Waals surface area contributed by atoms with E-state index in [1.807, 2.05) is 6.92 Å². The molecule has 0 bridgehead atoms. The first kappa shape index (κ1) is 22.5. The van der Waals surface area contributed by atoms with Crippen molar-refractivity contribution in [1.82, 2.24) is 14.9 Å². The van der Waals surface area contributed by atoms with Gasteiger partial charge in [-0.15, -0.1) is 0 Å². The lowest BCUT2D eigenvalue weighted by Crippen LogP contribution is -2.40. The second kappa shape index (κ2) is 9.99. The number of hydrogen-bond acceptors (Lipinski definition) is 6. The van der Waals surface area contributed by atoms with Crippen LogP contribution in [-0.2, 0) is 9.53 Å². The Kier molecular flexibility index (Phi) is 8.33. The highest BCUT2D eigenvalue weighted by atomic mass is 16.6. The van der Waals surface area contributed by atoms with E-state index in [4.69, 9.17) is 4.74 Å². The first-order valence-corrected chi connectivity index (χ1v) is 9.17. The van der Waals surface area contributed by atoms with Gasteiger partial charge in [-0.1, -0.05) is 27.2 Å². The molecule has 1 aromatic rings. The van der Waals surface area contributed by atoms with E-state index >= 15 is 0 Å². The minimum absolute atomic E-state index is 0.115. The maximum Gasteiger partial charge on any atom is 0.410 e. The minimum Gasteiger partial charge on any atom is -0.444 e. The number of aromatic nitrogens is 2. The molecule has 150 valence electrons. The Bertz CT molecular complexity index is 651. The number of anilines is 1. The second-order valence-electron chi connectivity index (χ2n) is 7.62. The number of nitrogens with one attached hydrogen (secondary N) is 1. The molecular formula is C19H30N4O4. The molecule has 0 saturated carbocycles. The summed E-state index contributed by atoms with van der Waals surface area (Å²) in [5.41, 5.74) is -0.369. The van der Waals surface area contributed by atoms with E-state index in [9.17, 15) is 14.4 Å². The Morgan fingerprint density at radius 3 is 2.26 bits per heavy atom. The number of carbonyl (C=O) groups is 3. The number of hydrogen-bond donors (Lipinski definition) is 1. The highest BCUT2D eigenvalue weighted by Gasteiger charge is 2.24. The number of Topliss-reactive ketones (excluding diaryl/α,β-unsaturated/α-hetero) is 1. The molecule has 0 aliphatic carbocycles. The largest absolute Gasteiger partial charge is 0.444 e. The first-order chi connectivity index (χ1) is 12.5. The average molecular weight is 378 g/mol. The zero-order chi connectivity index (χ0) is 20.6. The summed E-state index contributed by atoms with van der Waals surface area (Å²) < 4.78 is 5.37. The van der Waals surface area contributed by atoms with Crippen LogP contribution in [0.4, 0.5) is 10.7 Å². The van der Waals surface area contributed by atoms with Crippen LogP contribution >= 0.6 is 0 Å². The fraction of sp³-hybridized carbons (Fsp3) is 0.632. The number of ether oxygens (including phenoxy) is 1. The zero-order valence-electron chi connectivity index (χ0n) is 17.0. The van der Waals surface area contributed by atoms with E-state index < -0.39 is 11.7 Å². The van der Waals surface area contributed by atoms with Crippen LogP contribution in [0.2, 0.25) is 0 Å². The van der Waals surface area contributed by atoms with E-state index in [2.05, 4.69) is 15.3 Å². The lowest BCUT2D eigenvalue weighted by atomic mass is 10.2. The van der Waals surface area contributed by atoms with Gasteiger partial charge in [-0.05, 0) is 27.2 Å². The third kappa shape index (κ3) is 8.15. The van der Waals surface area contributed by atoms with Crippen molar-refractivity contribution in [3.05, 3.63) is 18.0 Å². The van der Waals surface area contributed by atoms with Gasteiger partial charge in [-0.2, -0.15) is 0 Å². The fourth-order valence-corrected chi connectivity index (χ4v) is 1.97. The van der Waals surface area contributed by atoms with Crippen molar-refractivity contribution >= 4 is 23.7 Å². The van der Waals surface area contributed by atoms with Crippen LogP contribution in [0.25, 0.3) is 0 Å². The van der Waals surface area contributed by atoms with Gasteiger partial charge in [0.15, 0.2) is 5.78 Å². The summed E-state index contributed by atoms with van der Waals surface area (Å²) in [6, 6.07) is 0. The fourth-order valence-electron chi connectivity index (χ4n) is 1.97. The average Bonchev–Trinajstić information content (AvgIpc) is 2.57. The number of carbonyl (C=O) groups excluding carboxylic acids is 3. The molecule has 0 fully saturated rings. The first-order valence-electron chi connectivity index (χ1n) is 9.17. The zero-order valence-corrected chi connectivity index (χ0v) is 17.0. The molecule has 0 aliphatic rings. The molecule has 0 unspecified atom stereocenters. The monoisotopic (exact) mass is 378 g/mol. The van der Waals surface area contributed by atoms with Gasteiger partial charge in [0, 0.05) is 24.9 Å². The maximum absolute atomic E-state index is 12.5. The summed E-state index contributed by atoms with van der Waals surface area (Å²) in [7, 11) is 0. The van der Waals surface area contributed by atoms with Gasteiger partial charge < -0.3 is 9.64 Å². The van der Waals surface area contributed by atoms with Crippen molar-refractivity contribution in [3.8, 4) is 0 Å². The molecule has 0 saturated heterocycles. The van der Waals surface area contributed by atoms with Gasteiger partial charge in [-0.25, -0.2) is 14.8 Å². The van der Waals surface area contributed by atoms with Crippen LogP contribution in [-0.4, -0.2) is 51.3 Å². The van der Waals surface area contributed by atoms with Gasteiger partial charge in [0.25, 0.3) is 0 Å². The lowest BCUT2D eigenvalue weighted by molar-refractivity contribution is -0.118. The van der Waals surface area contributed by atoms with E-state index in [0.717, 1.165) is 12.8 Å². The van der Waals surface area contributed by atoms with Crippen LogP contribution in [0.15, 0.2) is 12.4 Å². The molecule has 1 rings (SSSR count). The predicted molar refractivity (Wildman–Crippen MR) is 103 cm³/mol. The minimum atomic E-state index is -0.635. The summed E-state index contributed by atoms with van der Waals surface area (Å²) in [5, 5.41) is 2.56. The van der Waals surface area contributed by atoms with Crippen LogP contribution in [0.1, 0.15) is 64.7 Å². The summed E-state index contributed by atoms with van der Waals surface area (Å²) in [6.07, 6.45) is 3.83. The Labute approximate surface area is 160 Å². The standard InChI is InChI=1S/C19H30N4O4/c1-7-8-9-23(18(26)27-19(4,5)6)12-15(24)14-10-20-17(21-11-14)22-16(25)13(2)3/h10-11,13H,7-9,12H2,1-6H3,(H,20,21,22,25). The van der Waals surface area contributed by atoms with Crippen molar-refractivity contribution in [2.75, 3.05) is 18.4 Å². The van der Waals surface area contributed by atoms with Crippen molar-refractivity contribution in [2.45, 2.75) is 60.0 Å². The van der Waals surface area contributed by atoms with Crippen molar-refractivity contribution in [2.24, 2.45) is 5.92 Å². The topological polar surface area (TPSA) is 101 Å². The number of amides is 2. The molecule has 1 N–H and O–H groups in total. The summed E-state index contributed by atoms with van der Waals surface area (Å²) >= 11 is 0. The van der Waals surface area contributed by atoms with E-state index in [1.54, 1.807) is 34.6 Å². The second-order valence-corrected chi connectivity index (χ2v) is 7.62. The van der Waals surface area contributed by atoms with Crippen LogP contribution in [0, 0.1) is 5.92 Å². The molecule has 0 atom stereocenters. The van der Waals surface area contributed by atoms with Crippen molar-refractivity contribution in [1.29, 1.82) is 0 Å². The Hall–Kier alpha value is -2.51. The molecule has 1 heterocycles. The third-order valence-corrected chi connectivity index (χ3v) is 3.50. The molecule has 0 aromatic carbocycles. The van der Waals surface area contributed by atoms with Crippen LogP contribution < -0.4 is 5.32 Å². The Morgan fingerprint density at radius 2 is 1.78 bits per heavy atom. The smallest absolute Gasteiger partial charge is 0.410 e. The van der Waals surface area contributed by atoms with Gasteiger partial charge in [-0.3, -0.25) is 14.9 Å². The molecule has 27 heavy (non-hydrogen) atoms. The van der Waals surface area contributed by atoms with E-state index in [1.165, 1.54) is 17.3 Å². The molecule has 8 heteroatoms. The summed E-state index contributed by atoms with van der Waals surface area (Å²) in [6.45, 7) is 11.2. The number of unbranched alkanes of at least 4 members (excludes halogenated alkanes) is 1. The molecule has 8 nitrogen and oxygen atoms in total. The van der Waals surface area contributed by atoms with Crippen LogP contribution in [0.3, 0.4) is 0 Å². The highest BCUT2D eigenvalue weighted by molar-refractivity contribution is 5.98. The molecule has 0 radical (unpaired) electrons. The SMILES string of the molecule is CCCCN(CC(=O)c1cnc(NC(=O)C(C)C)nc1)C(=O)OC(C)(C)C. The molecule has 0 spiro atoms. The molecule has 2 amide bonds. The lowest BCUT2D eigenvalue weighted by Gasteiger charge is -2.27. The number of rotatable bonds is 8. The molecular weight excluding hydrogens is 348 g/mol. The van der Waals surface area contributed by atoms with E-state index in [0.29, 0.717) is 6.54 Å². The normalized spacial score (nSPS) is 11.2. The van der Waals surface area contributed by atoms with Gasteiger partial charge in [0.05, 0.1) is 12.1 Å². The highest BCUT2D eigenvalue weighted by Crippen LogP contribution is 2.12. The van der Waals surface area contributed by atoms with Gasteiger partial charge in [0.2, 0.25) is 11.9 Å². The van der Waals surface area contributed by atoms with Gasteiger partial charge >= 0.3 is 6.09 Å². The Morgan fingerprint density at radius 1 is 1.19 bits per heavy atom. The summed E-state index contributed by atoms with van der Waals surface area (Å²) in [5.74, 6) is -0.556. The number of ketones is 1.